The van der Waals surface area contributed by atoms with Crippen molar-refractivity contribution >= 4 is 0 Å². The summed E-state index contributed by atoms with van der Waals surface area (Å²) in [5.74, 6) is 0.331. The molecule has 0 saturated carbocycles. The van der Waals surface area contributed by atoms with Gasteiger partial charge in [-0.3, -0.25) is 10.1 Å². The summed E-state index contributed by atoms with van der Waals surface area (Å²) in [5, 5.41) is 9.32. The van der Waals surface area contributed by atoms with Crippen molar-refractivity contribution in [1.29, 1.82) is 0 Å². The van der Waals surface area contributed by atoms with Gasteiger partial charge in [-0.2, -0.15) is 18.3 Å². The second-order valence-corrected chi connectivity index (χ2v) is 4.22. The average Bonchev–Trinajstić information content (AvgIpc) is 2.92. The van der Waals surface area contributed by atoms with Gasteiger partial charge in [-0.25, -0.2) is 4.98 Å². The van der Waals surface area contributed by atoms with E-state index in [0.717, 1.165) is 18.7 Å². The van der Waals surface area contributed by atoms with Crippen LogP contribution in [0, 0.1) is 0 Å². The molecule has 0 aliphatic rings. The lowest BCUT2D eigenvalue weighted by atomic mass is 10.0. The van der Waals surface area contributed by atoms with E-state index in [1.54, 1.807) is 0 Å². The highest BCUT2D eigenvalue weighted by molar-refractivity contribution is 5.32. The molecule has 0 radical (unpaired) electrons. The summed E-state index contributed by atoms with van der Waals surface area (Å²) >= 11 is 0. The first kappa shape index (κ1) is 14.4. The molecule has 0 aliphatic carbocycles. The smallest absolute Gasteiger partial charge is 0.304 e. The summed E-state index contributed by atoms with van der Waals surface area (Å²) in [6.07, 6.45) is -0.0570. The summed E-state index contributed by atoms with van der Waals surface area (Å²) in [6, 6.07) is 0.245. The molecule has 5 nitrogen and oxygen atoms in total. The topological polar surface area (TPSA) is 66.5 Å². The van der Waals surface area contributed by atoms with Gasteiger partial charge < -0.3 is 5.32 Å². The molecular formula is C12H14F3N5. The third-order valence-corrected chi connectivity index (χ3v) is 2.77. The predicted molar refractivity (Wildman–Crippen MR) is 65.8 cm³/mol. The minimum absolute atomic E-state index is 0.0326. The third-order valence-electron chi connectivity index (χ3n) is 2.77. The molecule has 0 saturated heterocycles. The largest absolute Gasteiger partial charge is 0.416 e. The van der Waals surface area contributed by atoms with Crippen LogP contribution in [-0.2, 0) is 6.18 Å². The molecule has 108 valence electrons. The maximum absolute atomic E-state index is 13.1. The Kier molecular flexibility index (Phi) is 4.33. The van der Waals surface area contributed by atoms with E-state index >= 15 is 0 Å². The Balaban J connectivity index is 2.44. The van der Waals surface area contributed by atoms with Gasteiger partial charge in [-0.15, -0.1) is 0 Å². The van der Waals surface area contributed by atoms with Crippen molar-refractivity contribution in [2.45, 2.75) is 25.6 Å². The second-order valence-electron chi connectivity index (χ2n) is 4.22. The van der Waals surface area contributed by atoms with Crippen LogP contribution in [0.5, 0.6) is 0 Å². The zero-order valence-electron chi connectivity index (χ0n) is 10.8. The Labute approximate surface area is 113 Å². The summed E-state index contributed by atoms with van der Waals surface area (Å²) in [5.41, 5.74) is -0.692. The molecule has 20 heavy (non-hydrogen) atoms. The monoisotopic (exact) mass is 285 g/mol. The number of hydrogen-bond donors (Lipinski definition) is 2. The first-order valence-corrected chi connectivity index (χ1v) is 6.13. The summed E-state index contributed by atoms with van der Waals surface area (Å²) in [7, 11) is 0. The van der Waals surface area contributed by atoms with E-state index in [1.165, 1.54) is 12.5 Å². The predicted octanol–water partition coefficient (Wildman–Crippen LogP) is 2.31. The van der Waals surface area contributed by atoms with Gasteiger partial charge in [-0.1, -0.05) is 6.92 Å². The van der Waals surface area contributed by atoms with Gasteiger partial charge in [0.25, 0.3) is 0 Å². The summed E-state index contributed by atoms with van der Waals surface area (Å²) in [4.78, 5) is 7.74. The van der Waals surface area contributed by atoms with Crippen LogP contribution in [0.1, 0.15) is 36.3 Å². The van der Waals surface area contributed by atoms with Crippen LogP contribution in [0.3, 0.4) is 0 Å². The molecular weight excluding hydrogens is 271 g/mol. The number of rotatable bonds is 5. The number of aromatic nitrogens is 4. The van der Waals surface area contributed by atoms with E-state index in [9.17, 15) is 13.2 Å². The maximum atomic E-state index is 13.1. The fourth-order valence-corrected chi connectivity index (χ4v) is 1.89. The maximum Gasteiger partial charge on any atom is 0.416 e. The van der Waals surface area contributed by atoms with Gasteiger partial charge in [0, 0.05) is 18.0 Å². The molecule has 0 fully saturated rings. The lowest BCUT2D eigenvalue weighted by Crippen LogP contribution is -2.27. The number of aromatic amines is 1. The molecule has 2 N–H and O–H groups in total. The molecule has 0 aliphatic heterocycles. The van der Waals surface area contributed by atoms with Crippen molar-refractivity contribution in [3.8, 4) is 0 Å². The summed E-state index contributed by atoms with van der Waals surface area (Å²) < 4.78 is 39.2. The van der Waals surface area contributed by atoms with Crippen LogP contribution in [0.2, 0.25) is 0 Å². The van der Waals surface area contributed by atoms with E-state index in [2.05, 4.69) is 25.5 Å². The normalized spacial score (nSPS) is 13.4. The molecule has 2 rings (SSSR count). The van der Waals surface area contributed by atoms with Crippen LogP contribution >= 0.6 is 0 Å². The zero-order valence-corrected chi connectivity index (χ0v) is 10.8. The van der Waals surface area contributed by atoms with E-state index in [-0.39, 0.29) is 5.56 Å². The van der Waals surface area contributed by atoms with Crippen LogP contribution in [0.4, 0.5) is 13.2 Å². The van der Waals surface area contributed by atoms with Crippen molar-refractivity contribution in [2.24, 2.45) is 0 Å². The number of nitrogens with one attached hydrogen (secondary N) is 2. The molecule has 2 heterocycles. The third kappa shape index (κ3) is 3.13. The molecule has 8 heteroatoms. The fourth-order valence-electron chi connectivity index (χ4n) is 1.89. The minimum atomic E-state index is -4.44. The van der Waals surface area contributed by atoms with Crippen molar-refractivity contribution < 1.29 is 13.2 Å². The SMILES string of the molecule is CCCNC(c1ncn[nH]1)c1cnccc1C(F)(F)F. The van der Waals surface area contributed by atoms with Crippen molar-refractivity contribution in [3.63, 3.8) is 0 Å². The highest BCUT2D eigenvalue weighted by Crippen LogP contribution is 2.35. The lowest BCUT2D eigenvalue weighted by molar-refractivity contribution is -0.138. The van der Waals surface area contributed by atoms with E-state index in [0.29, 0.717) is 12.4 Å². The quantitative estimate of drug-likeness (QED) is 0.884. The molecule has 2 aromatic rings. The Hall–Kier alpha value is -1.96. The van der Waals surface area contributed by atoms with Gasteiger partial charge in [0.15, 0.2) is 0 Å². The minimum Gasteiger partial charge on any atom is -0.304 e. The number of halogens is 3. The average molecular weight is 285 g/mol. The highest BCUT2D eigenvalue weighted by Gasteiger charge is 2.36. The van der Waals surface area contributed by atoms with Crippen molar-refractivity contribution in [3.05, 3.63) is 41.7 Å². The van der Waals surface area contributed by atoms with Crippen LogP contribution in [-0.4, -0.2) is 26.7 Å². The molecule has 1 atom stereocenters. The van der Waals surface area contributed by atoms with Gasteiger partial charge in [0.05, 0.1) is 11.6 Å². The first-order valence-electron chi connectivity index (χ1n) is 6.13. The van der Waals surface area contributed by atoms with Gasteiger partial charge in [0.2, 0.25) is 0 Å². The summed E-state index contributed by atoms with van der Waals surface area (Å²) in [6.45, 7) is 2.48. The number of alkyl halides is 3. The van der Waals surface area contributed by atoms with Crippen LogP contribution < -0.4 is 5.32 Å². The van der Waals surface area contributed by atoms with Gasteiger partial charge in [-0.05, 0) is 19.0 Å². The number of pyridine rings is 1. The molecule has 0 amide bonds. The molecule has 0 bridgehead atoms. The molecule has 0 spiro atoms. The molecule has 0 aromatic carbocycles. The van der Waals surface area contributed by atoms with Crippen LogP contribution in [0.25, 0.3) is 0 Å². The van der Waals surface area contributed by atoms with Crippen molar-refractivity contribution in [2.75, 3.05) is 6.54 Å². The Morgan fingerprint density at radius 3 is 2.80 bits per heavy atom. The van der Waals surface area contributed by atoms with Crippen molar-refractivity contribution in [1.82, 2.24) is 25.5 Å². The Morgan fingerprint density at radius 2 is 2.20 bits per heavy atom. The van der Waals surface area contributed by atoms with E-state index in [1.807, 2.05) is 6.92 Å². The first-order chi connectivity index (χ1) is 9.54. The molecule has 1 unspecified atom stereocenters. The Morgan fingerprint density at radius 1 is 1.40 bits per heavy atom. The number of hydrogen-bond acceptors (Lipinski definition) is 4. The fraction of sp³-hybridized carbons (Fsp3) is 0.417. The number of H-pyrrole nitrogens is 1. The zero-order chi connectivity index (χ0) is 14.6. The van der Waals surface area contributed by atoms with E-state index < -0.39 is 17.8 Å². The lowest BCUT2D eigenvalue weighted by Gasteiger charge is -2.20. The Bertz CT molecular complexity index is 538. The van der Waals surface area contributed by atoms with Gasteiger partial charge in [0.1, 0.15) is 12.2 Å². The van der Waals surface area contributed by atoms with Gasteiger partial charge >= 0.3 is 6.18 Å². The number of nitrogens with zero attached hydrogens (tertiary/aromatic N) is 3. The van der Waals surface area contributed by atoms with E-state index in [4.69, 9.17) is 0 Å². The highest BCUT2D eigenvalue weighted by atomic mass is 19.4. The van der Waals surface area contributed by atoms with Crippen LogP contribution in [0.15, 0.2) is 24.8 Å². The second kappa shape index (κ2) is 6.00. The standard InChI is InChI=1S/C12H14F3N5/c1-2-4-17-10(11-18-7-19-20-11)8-6-16-5-3-9(8)12(13,14)15/h3,5-7,10,17H,2,4H2,1H3,(H,18,19,20). The molecule has 2 aromatic heterocycles.